The quantitative estimate of drug-likeness (QED) is 0.747. The lowest BCUT2D eigenvalue weighted by atomic mass is 9.82. The van der Waals surface area contributed by atoms with Gasteiger partial charge in [-0.3, -0.25) is 0 Å². The Labute approximate surface area is 128 Å². The predicted octanol–water partition coefficient (Wildman–Crippen LogP) is 2.83. The minimum atomic E-state index is 0.484. The molecule has 0 aromatic carbocycles. The van der Waals surface area contributed by atoms with Crippen LogP contribution in [-0.2, 0) is 11.3 Å². The molecule has 2 rings (SSSR count). The van der Waals surface area contributed by atoms with Crippen LogP contribution in [0.4, 0.5) is 5.82 Å². The number of ether oxygens (including phenoxy) is 1. The molecule has 118 valence electrons. The van der Waals surface area contributed by atoms with E-state index in [4.69, 9.17) is 4.74 Å². The Hall–Kier alpha value is -1.13. The molecule has 0 bridgehead atoms. The van der Waals surface area contributed by atoms with Gasteiger partial charge in [0.25, 0.3) is 0 Å². The van der Waals surface area contributed by atoms with E-state index in [9.17, 15) is 0 Å². The lowest BCUT2D eigenvalue weighted by Gasteiger charge is -2.27. The molecule has 1 aliphatic heterocycles. The zero-order chi connectivity index (χ0) is 15.1. The van der Waals surface area contributed by atoms with E-state index in [0.717, 1.165) is 38.6 Å². The van der Waals surface area contributed by atoms with Crippen molar-refractivity contribution in [1.82, 2.24) is 10.3 Å². The molecule has 2 heterocycles. The summed E-state index contributed by atoms with van der Waals surface area (Å²) >= 11 is 0. The van der Waals surface area contributed by atoms with Gasteiger partial charge in [0.1, 0.15) is 5.82 Å². The van der Waals surface area contributed by atoms with Crippen LogP contribution < -0.4 is 10.2 Å². The van der Waals surface area contributed by atoms with Crippen molar-refractivity contribution in [2.75, 3.05) is 38.3 Å². The number of hydrogen-bond acceptors (Lipinski definition) is 4. The van der Waals surface area contributed by atoms with E-state index in [2.05, 4.69) is 35.1 Å². The average molecular weight is 291 g/mol. The molecule has 0 saturated carbocycles. The second-order valence-corrected chi connectivity index (χ2v) is 6.03. The molecule has 1 fully saturated rings. The first-order valence-corrected chi connectivity index (χ1v) is 8.13. The molecular formula is C17H29N3O. The second kappa shape index (κ2) is 7.76. The fraction of sp³-hybridized carbons (Fsp3) is 0.706. The highest BCUT2D eigenvalue weighted by Gasteiger charge is 2.35. The first kappa shape index (κ1) is 16.2. The summed E-state index contributed by atoms with van der Waals surface area (Å²) in [5, 5.41) is 3.42. The SMILES string of the molecule is CCC1(CC)CCN(c2ncccc2CNCCOC)C1. The number of aromatic nitrogens is 1. The van der Waals surface area contributed by atoms with E-state index in [1.807, 2.05) is 12.3 Å². The molecule has 4 heteroatoms. The maximum absolute atomic E-state index is 5.08. The third kappa shape index (κ3) is 3.95. The molecule has 1 aromatic heterocycles. The van der Waals surface area contributed by atoms with Crippen LogP contribution in [0.15, 0.2) is 18.3 Å². The van der Waals surface area contributed by atoms with Crippen molar-refractivity contribution in [3.63, 3.8) is 0 Å². The van der Waals surface area contributed by atoms with Crippen LogP contribution in [0.25, 0.3) is 0 Å². The van der Waals surface area contributed by atoms with E-state index in [-0.39, 0.29) is 0 Å². The Kier molecular flexibility index (Phi) is 6.00. The predicted molar refractivity (Wildman–Crippen MR) is 87.7 cm³/mol. The van der Waals surface area contributed by atoms with Gasteiger partial charge in [-0.05, 0) is 30.7 Å². The van der Waals surface area contributed by atoms with Crippen LogP contribution in [0.3, 0.4) is 0 Å². The molecule has 1 saturated heterocycles. The largest absolute Gasteiger partial charge is 0.383 e. The molecular weight excluding hydrogens is 262 g/mol. The molecule has 0 spiro atoms. The zero-order valence-corrected chi connectivity index (χ0v) is 13.7. The number of rotatable bonds is 8. The van der Waals surface area contributed by atoms with Gasteiger partial charge in [0.05, 0.1) is 6.61 Å². The molecule has 21 heavy (non-hydrogen) atoms. The lowest BCUT2D eigenvalue weighted by molar-refractivity contribution is 0.199. The number of hydrogen-bond donors (Lipinski definition) is 1. The van der Waals surface area contributed by atoms with E-state index in [1.54, 1.807) is 7.11 Å². The van der Waals surface area contributed by atoms with E-state index < -0.39 is 0 Å². The van der Waals surface area contributed by atoms with Gasteiger partial charge >= 0.3 is 0 Å². The molecule has 0 radical (unpaired) electrons. The minimum absolute atomic E-state index is 0.484. The van der Waals surface area contributed by atoms with E-state index in [1.165, 1.54) is 24.8 Å². The van der Waals surface area contributed by atoms with Crippen LogP contribution in [0.1, 0.15) is 38.7 Å². The van der Waals surface area contributed by atoms with Crippen molar-refractivity contribution in [2.45, 2.75) is 39.7 Å². The van der Waals surface area contributed by atoms with Gasteiger partial charge in [-0.1, -0.05) is 19.9 Å². The molecule has 0 unspecified atom stereocenters. The molecule has 0 aliphatic carbocycles. The Morgan fingerprint density at radius 1 is 1.38 bits per heavy atom. The molecule has 1 aromatic rings. The fourth-order valence-electron chi connectivity index (χ4n) is 3.19. The first-order valence-electron chi connectivity index (χ1n) is 8.13. The van der Waals surface area contributed by atoms with E-state index >= 15 is 0 Å². The summed E-state index contributed by atoms with van der Waals surface area (Å²) in [6.45, 7) is 9.38. The van der Waals surface area contributed by atoms with Crippen LogP contribution in [-0.4, -0.2) is 38.3 Å². The van der Waals surface area contributed by atoms with Crippen molar-refractivity contribution < 1.29 is 4.74 Å². The third-order valence-electron chi connectivity index (χ3n) is 4.90. The van der Waals surface area contributed by atoms with Gasteiger partial charge < -0.3 is 15.0 Å². The van der Waals surface area contributed by atoms with Gasteiger partial charge in [-0.15, -0.1) is 0 Å². The number of anilines is 1. The number of nitrogens with zero attached hydrogens (tertiary/aromatic N) is 2. The summed E-state index contributed by atoms with van der Waals surface area (Å²) < 4.78 is 5.08. The Morgan fingerprint density at radius 2 is 2.19 bits per heavy atom. The van der Waals surface area contributed by atoms with Gasteiger partial charge in [0.2, 0.25) is 0 Å². The Balaban J connectivity index is 2.03. The van der Waals surface area contributed by atoms with Crippen LogP contribution in [0, 0.1) is 5.41 Å². The van der Waals surface area contributed by atoms with Gasteiger partial charge in [0.15, 0.2) is 0 Å². The van der Waals surface area contributed by atoms with Gasteiger partial charge in [-0.25, -0.2) is 4.98 Å². The van der Waals surface area contributed by atoms with Crippen molar-refractivity contribution >= 4 is 5.82 Å². The van der Waals surface area contributed by atoms with Crippen molar-refractivity contribution in [3.8, 4) is 0 Å². The summed E-state index contributed by atoms with van der Waals surface area (Å²) in [5.41, 5.74) is 1.77. The number of methoxy groups -OCH3 is 1. The van der Waals surface area contributed by atoms with Gasteiger partial charge in [0, 0.05) is 45.0 Å². The smallest absolute Gasteiger partial charge is 0.133 e. The molecule has 0 atom stereocenters. The molecule has 4 nitrogen and oxygen atoms in total. The molecule has 1 aliphatic rings. The maximum Gasteiger partial charge on any atom is 0.133 e. The van der Waals surface area contributed by atoms with Crippen molar-refractivity contribution in [1.29, 1.82) is 0 Å². The Morgan fingerprint density at radius 3 is 2.86 bits per heavy atom. The van der Waals surface area contributed by atoms with E-state index in [0.29, 0.717) is 5.41 Å². The molecule has 0 amide bonds. The number of pyridine rings is 1. The van der Waals surface area contributed by atoms with Crippen LogP contribution in [0.5, 0.6) is 0 Å². The Bertz CT molecular complexity index is 432. The average Bonchev–Trinajstić information content (AvgIpc) is 2.97. The van der Waals surface area contributed by atoms with Gasteiger partial charge in [-0.2, -0.15) is 0 Å². The highest BCUT2D eigenvalue weighted by molar-refractivity contribution is 5.48. The fourth-order valence-corrected chi connectivity index (χ4v) is 3.19. The zero-order valence-electron chi connectivity index (χ0n) is 13.7. The minimum Gasteiger partial charge on any atom is -0.383 e. The lowest BCUT2D eigenvalue weighted by Crippen LogP contribution is -2.28. The monoisotopic (exact) mass is 291 g/mol. The highest BCUT2D eigenvalue weighted by Crippen LogP contribution is 2.39. The number of nitrogens with one attached hydrogen (secondary N) is 1. The molecule has 1 N–H and O–H groups in total. The summed E-state index contributed by atoms with van der Waals surface area (Å²) in [6.07, 6.45) is 5.71. The standard InChI is InChI=1S/C17H29N3O/c1-4-17(5-2)8-11-20(14-17)16-15(7-6-9-19-16)13-18-10-12-21-3/h6-7,9,18H,4-5,8,10-14H2,1-3H3. The van der Waals surface area contributed by atoms with Crippen molar-refractivity contribution in [2.24, 2.45) is 5.41 Å². The topological polar surface area (TPSA) is 37.4 Å². The summed E-state index contributed by atoms with van der Waals surface area (Å²) in [6, 6.07) is 4.21. The summed E-state index contributed by atoms with van der Waals surface area (Å²) in [5.74, 6) is 1.16. The van der Waals surface area contributed by atoms with Crippen LogP contribution >= 0.6 is 0 Å². The maximum atomic E-state index is 5.08. The normalized spacial score (nSPS) is 17.4. The highest BCUT2D eigenvalue weighted by atomic mass is 16.5. The van der Waals surface area contributed by atoms with Crippen LogP contribution in [0.2, 0.25) is 0 Å². The summed E-state index contributed by atoms with van der Waals surface area (Å²) in [4.78, 5) is 7.12. The summed E-state index contributed by atoms with van der Waals surface area (Å²) in [7, 11) is 1.73. The second-order valence-electron chi connectivity index (χ2n) is 6.03. The van der Waals surface area contributed by atoms with Crippen molar-refractivity contribution in [3.05, 3.63) is 23.9 Å². The first-order chi connectivity index (χ1) is 10.2. The third-order valence-corrected chi connectivity index (χ3v) is 4.90.